The molecule has 0 spiro atoms. The Morgan fingerprint density at radius 1 is 1.20 bits per heavy atom. The molecule has 1 saturated heterocycles. The van der Waals surface area contributed by atoms with Crippen LogP contribution in [0.15, 0.2) is 11.8 Å². The molecular weight excluding hydrogens is 272 g/mol. The normalized spacial score (nSPS) is 24.6. The lowest BCUT2D eigenvalue weighted by Gasteiger charge is -2.36. The van der Waals surface area contributed by atoms with Crippen molar-refractivity contribution >= 4 is 9.84 Å². The molecule has 0 atom stereocenters. The number of sulfone groups is 1. The molecular formula is C16H28O3S. The Morgan fingerprint density at radius 3 is 2.45 bits per heavy atom. The van der Waals surface area contributed by atoms with Crippen molar-refractivity contribution < 1.29 is 13.2 Å². The first-order valence-corrected chi connectivity index (χ1v) is 9.87. The molecule has 1 aliphatic heterocycles. The van der Waals surface area contributed by atoms with E-state index in [0.717, 1.165) is 38.7 Å². The van der Waals surface area contributed by atoms with Gasteiger partial charge in [0.2, 0.25) is 0 Å². The van der Waals surface area contributed by atoms with Gasteiger partial charge in [0.15, 0.2) is 0 Å². The van der Waals surface area contributed by atoms with E-state index >= 15 is 0 Å². The van der Waals surface area contributed by atoms with Gasteiger partial charge in [-0.2, -0.15) is 0 Å². The summed E-state index contributed by atoms with van der Waals surface area (Å²) in [5, 5.41) is 0. The average molecular weight is 300 g/mol. The van der Waals surface area contributed by atoms with Crippen molar-refractivity contribution in [2.45, 2.75) is 64.7 Å². The minimum atomic E-state index is -2.75. The molecule has 0 unspecified atom stereocenters. The summed E-state index contributed by atoms with van der Waals surface area (Å²) in [6.45, 7) is 2.97. The van der Waals surface area contributed by atoms with Gasteiger partial charge in [0.25, 0.3) is 0 Å². The van der Waals surface area contributed by atoms with Crippen LogP contribution in [0.1, 0.15) is 64.7 Å². The Labute approximate surface area is 123 Å². The summed E-state index contributed by atoms with van der Waals surface area (Å²) in [5.41, 5.74) is 1.70. The fraction of sp³-hybridized carbons (Fsp3) is 0.875. The molecule has 2 aliphatic rings. The quantitative estimate of drug-likeness (QED) is 0.553. The van der Waals surface area contributed by atoms with E-state index < -0.39 is 9.84 Å². The Kier molecular flexibility index (Phi) is 5.53. The molecule has 1 aliphatic carbocycles. The highest BCUT2D eigenvalue weighted by Crippen LogP contribution is 2.40. The zero-order valence-electron chi connectivity index (χ0n) is 12.7. The predicted molar refractivity (Wildman–Crippen MR) is 82.3 cm³/mol. The highest BCUT2D eigenvalue weighted by molar-refractivity contribution is 7.91. The summed E-state index contributed by atoms with van der Waals surface area (Å²) in [6, 6.07) is 0. The molecule has 3 nitrogen and oxygen atoms in total. The van der Waals surface area contributed by atoms with Crippen LogP contribution in [0.25, 0.3) is 0 Å². The molecule has 2 fully saturated rings. The summed E-state index contributed by atoms with van der Waals surface area (Å²) in [6.07, 6.45) is 11.9. The van der Waals surface area contributed by atoms with Gasteiger partial charge in [-0.05, 0) is 62.4 Å². The van der Waals surface area contributed by atoms with E-state index in [1.54, 1.807) is 0 Å². The molecule has 0 N–H and O–H groups in total. The van der Waals surface area contributed by atoms with Crippen molar-refractivity contribution in [3.8, 4) is 0 Å². The second-order valence-corrected chi connectivity index (χ2v) is 8.77. The lowest BCUT2D eigenvalue weighted by molar-refractivity contribution is 0.175. The largest absolute Gasteiger partial charge is 0.501 e. The SMILES string of the molecule is CCC1(CCCOC=C2CCCC2)CCS(=O)(=O)CC1. The van der Waals surface area contributed by atoms with Gasteiger partial charge in [-0.1, -0.05) is 13.3 Å². The van der Waals surface area contributed by atoms with E-state index in [0.29, 0.717) is 11.5 Å². The van der Waals surface area contributed by atoms with Crippen LogP contribution in [0.2, 0.25) is 0 Å². The van der Waals surface area contributed by atoms with E-state index in [4.69, 9.17) is 4.74 Å². The van der Waals surface area contributed by atoms with Crippen molar-refractivity contribution in [3.05, 3.63) is 11.8 Å². The van der Waals surface area contributed by atoms with E-state index in [2.05, 4.69) is 6.92 Å². The zero-order chi connectivity index (χ0) is 14.5. The first kappa shape index (κ1) is 15.9. The Balaban J connectivity index is 1.70. The first-order valence-electron chi connectivity index (χ1n) is 8.05. The molecule has 116 valence electrons. The maximum atomic E-state index is 11.5. The third-order valence-corrected chi connectivity index (χ3v) is 6.75. The lowest BCUT2D eigenvalue weighted by atomic mass is 9.76. The van der Waals surface area contributed by atoms with Gasteiger partial charge in [-0.15, -0.1) is 0 Å². The fourth-order valence-electron chi connectivity index (χ4n) is 3.41. The molecule has 20 heavy (non-hydrogen) atoms. The molecule has 0 aromatic rings. The first-order chi connectivity index (χ1) is 9.55. The van der Waals surface area contributed by atoms with Gasteiger partial charge < -0.3 is 4.74 Å². The van der Waals surface area contributed by atoms with E-state index in [1.807, 2.05) is 6.26 Å². The van der Waals surface area contributed by atoms with Gasteiger partial charge in [0.05, 0.1) is 24.4 Å². The Bertz CT molecular complexity index is 415. The minimum absolute atomic E-state index is 0.245. The summed E-state index contributed by atoms with van der Waals surface area (Å²) >= 11 is 0. The van der Waals surface area contributed by atoms with Crippen LogP contribution in [0, 0.1) is 5.41 Å². The molecule has 1 heterocycles. The highest BCUT2D eigenvalue weighted by Gasteiger charge is 2.35. The molecule has 0 aromatic heterocycles. The fourth-order valence-corrected chi connectivity index (χ4v) is 5.10. The third-order valence-electron chi connectivity index (χ3n) is 5.10. The minimum Gasteiger partial charge on any atom is -0.501 e. The van der Waals surface area contributed by atoms with Crippen molar-refractivity contribution in [1.29, 1.82) is 0 Å². The van der Waals surface area contributed by atoms with E-state index in [-0.39, 0.29) is 5.41 Å². The van der Waals surface area contributed by atoms with E-state index in [1.165, 1.54) is 31.3 Å². The average Bonchev–Trinajstić information content (AvgIpc) is 2.94. The molecule has 0 radical (unpaired) electrons. The molecule has 2 rings (SSSR count). The van der Waals surface area contributed by atoms with Crippen LogP contribution in [0.5, 0.6) is 0 Å². The number of hydrogen-bond acceptors (Lipinski definition) is 3. The third kappa shape index (κ3) is 4.51. The van der Waals surface area contributed by atoms with Crippen molar-refractivity contribution in [2.24, 2.45) is 5.41 Å². The smallest absolute Gasteiger partial charge is 0.150 e. The molecule has 0 bridgehead atoms. The van der Waals surface area contributed by atoms with E-state index in [9.17, 15) is 8.42 Å². The molecule has 0 amide bonds. The Hall–Kier alpha value is -0.510. The summed E-state index contributed by atoms with van der Waals surface area (Å²) in [4.78, 5) is 0. The Morgan fingerprint density at radius 2 is 1.85 bits per heavy atom. The van der Waals surface area contributed by atoms with Crippen LogP contribution in [0.3, 0.4) is 0 Å². The van der Waals surface area contributed by atoms with Gasteiger partial charge in [0.1, 0.15) is 9.84 Å². The van der Waals surface area contributed by atoms with Gasteiger partial charge in [-0.3, -0.25) is 0 Å². The second-order valence-electron chi connectivity index (χ2n) is 6.46. The number of rotatable bonds is 6. The summed E-state index contributed by atoms with van der Waals surface area (Å²) in [7, 11) is -2.75. The molecule has 4 heteroatoms. The number of hydrogen-bond donors (Lipinski definition) is 0. The standard InChI is InChI=1S/C16H28O3S/c1-2-16(9-12-20(17,18)13-10-16)8-5-11-19-14-15-6-3-4-7-15/h14H,2-13H2,1H3. The van der Waals surface area contributed by atoms with Crippen molar-refractivity contribution in [2.75, 3.05) is 18.1 Å². The summed E-state index contributed by atoms with van der Waals surface area (Å²) in [5.74, 6) is 0.761. The summed E-state index contributed by atoms with van der Waals surface area (Å²) < 4.78 is 28.7. The number of ether oxygens (including phenoxy) is 1. The van der Waals surface area contributed by atoms with Crippen molar-refractivity contribution in [3.63, 3.8) is 0 Å². The molecule has 1 saturated carbocycles. The maximum Gasteiger partial charge on any atom is 0.150 e. The zero-order valence-corrected chi connectivity index (χ0v) is 13.5. The lowest BCUT2D eigenvalue weighted by Crippen LogP contribution is -2.33. The van der Waals surface area contributed by atoms with Gasteiger partial charge >= 0.3 is 0 Å². The topological polar surface area (TPSA) is 43.4 Å². The van der Waals surface area contributed by atoms with Crippen LogP contribution in [-0.2, 0) is 14.6 Å². The molecule has 0 aromatic carbocycles. The predicted octanol–water partition coefficient (Wildman–Crippen LogP) is 3.85. The van der Waals surface area contributed by atoms with Gasteiger partial charge in [-0.25, -0.2) is 8.42 Å². The van der Waals surface area contributed by atoms with Gasteiger partial charge in [0, 0.05) is 0 Å². The highest BCUT2D eigenvalue weighted by atomic mass is 32.2. The van der Waals surface area contributed by atoms with Crippen LogP contribution in [0.4, 0.5) is 0 Å². The van der Waals surface area contributed by atoms with Crippen LogP contribution in [-0.4, -0.2) is 26.5 Å². The monoisotopic (exact) mass is 300 g/mol. The van der Waals surface area contributed by atoms with Crippen LogP contribution >= 0.6 is 0 Å². The number of allylic oxidation sites excluding steroid dienone is 1. The maximum absolute atomic E-state index is 11.5. The second kappa shape index (κ2) is 6.97. The van der Waals surface area contributed by atoms with Crippen LogP contribution < -0.4 is 0 Å². The van der Waals surface area contributed by atoms with Crippen molar-refractivity contribution in [1.82, 2.24) is 0 Å².